The number of anilines is 1. The van der Waals surface area contributed by atoms with Gasteiger partial charge in [-0.15, -0.1) is 0 Å². The lowest BCUT2D eigenvalue weighted by Crippen LogP contribution is -2.35. The summed E-state index contributed by atoms with van der Waals surface area (Å²) in [6.07, 6.45) is 3.01. The summed E-state index contributed by atoms with van der Waals surface area (Å²) in [5.74, 6) is 0. The quantitative estimate of drug-likeness (QED) is 0.784. The van der Waals surface area contributed by atoms with E-state index in [1.54, 1.807) is 11.9 Å². The lowest BCUT2D eigenvalue weighted by molar-refractivity contribution is 0.0297. The van der Waals surface area contributed by atoms with E-state index in [9.17, 15) is 4.79 Å². The first kappa shape index (κ1) is 18.6. The Morgan fingerprint density at radius 1 is 1.38 bits per heavy atom. The van der Waals surface area contributed by atoms with Crippen molar-refractivity contribution in [3.63, 3.8) is 0 Å². The summed E-state index contributed by atoms with van der Waals surface area (Å²) in [6, 6.07) is 6.52. The van der Waals surface area contributed by atoms with Crippen molar-refractivity contribution in [2.24, 2.45) is 0 Å². The molecule has 1 aliphatic heterocycles. The average molecular weight is 333 g/mol. The minimum atomic E-state index is -0.441. The molecule has 2 N–H and O–H groups in total. The highest BCUT2D eigenvalue weighted by atomic mass is 16.6. The van der Waals surface area contributed by atoms with Gasteiger partial charge in [-0.3, -0.25) is 0 Å². The van der Waals surface area contributed by atoms with Crippen LogP contribution in [0.1, 0.15) is 44.7 Å². The van der Waals surface area contributed by atoms with Crippen LogP contribution in [0.15, 0.2) is 18.2 Å². The Morgan fingerprint density at radius 3 is 2.92 bits per heavy atom. The molecule has 5 nitrogen and oxygen atoms in total. The molecule has 1 heterocycles. The Morgan fingerprint density at radius 2 is 2.17 bits per heavy atom. The molecule has 134 valence electrons. The number of carbonyl (C=O) groups excluding carboxylic acids is 1. The van der Waals surface area contributed by atoms with E-state index < -0.39 is 5.60 Å². The second-order valence-corrected chi connectivity index (χ2v) is 7.41. The van der Waals surface area contributed by atoms with Gasteiger partial charge in [-0.25, -0.2) is 4.79 Å². The molecule has 0 aliphatic carbocycles. The summed E-state index contributed by atoms with van der Waals surface area (Å²) < 4.78 is 5.35. The third-order valence-electron chi connectivity index (χ3n) is 4.03. The van der Waals surface area contributed by atoms with Gasteiger partial charge >= 0.3 is 6.09 Å². The summed E-state index contributed by atoms with van der Waals surface area (Å²) in [5.41, 5.74) is 3.61. The second-order valence-electron chi connectivity index (χ2n) is 7.41. The van der Waals surface area contributed by atoms with E-state index >= 15 is 0 Å². The number of hydrogen-bond acceptors (Lipinski definition) is 4. The molecular formula is C19H31N3O2. The van der Waals surface area contributed by atoms with Gasteiger partial charge in [0.2, 0.25) is 0 Å². The summed E-state index contributed by atoms with van der Waals surface area (Å²) in [7, 11) is 1.78. The molecule has 1 amide bonds. The van der Waals surface area contributed by atoms with Crippen molar-refractivity contribution < 1.29 is 9.53 Å². The summed E-state index contributed by atoms with van der Waals surface area (Å²) in [5, 5.41) is 6.99. The van der Waals surface area contributed by atoms with E-state index in [1.165, 1.54) is 23.2 Å². The van der Waals surface area contributed by atoms with E-state index in [1.807, 2.05) is 20.8 Å². The molecule has 0 fully saturated rings. The number of aryl methyl sites for hydroxylation is 1. The Bertz CT molecular complexity index is 552. The van der Waals surface area contributed by atoms with Crippen LogP contribution in [0.4, 0.5) is 10.5 Å². The van der Waals surface area contributed by atoms with Crippen molar-refractivity contribution in [2.45, 2.75) is 52.2 Å². The monoisotopic (exact) mass is 333 g/mol. The maximum Gasteiger partial charge on any atom is 0.410 e. The molecule has 0 aromatic heterocycles. The van der Waals surface area contributed by atoms with Crippen LogP contribution in [0.5, 0.6) is 0 Å². The number of amides is 1. The van der Waals surface area contributed by atoms with Gasteiger partial charge in [0.05, 0.1) is 0 Å². The predicted octanol–water partition coefficient (Wildman–Crippen LogP) is 3.39. The highest BCUT2D eigenvalue weighted by Crippen LogP contribution is 2.25. The highest BCUT2D eigenvalue weighted by molar-refractivity contribution is 5.67. The first-order chi connectivity index (χ1) is 11.4. The number of carbonyl (C=O) groups is 1. The molecule has 1 aromatic carbocycles. The highest BCUT2D eigenvalue weighted by Gasteiger charge is 2.19. The molecule has 0 saturated heterocycles. The first-order valence-corrected chi connectivity index (χ1v) is 8.86. The largest absolute Gasteiger partial charge is 0.444 e. The molecule has 0 spiro atoms. The fourth-order valence-corrected chi connectivity index (χ4v) is 2.82. The molecule has 1 aliphatic rings. The third-order valence-corrected chi connectivity index (χ3v) is 4.03. The predicted molar refractivity (Wildman–Crippen MR) is 98.4 cm³/mol. The average Bonchev–Trinajstić information content (AvgIpc) is 2.53. The SMILES string of the molecule is CN(CCCNCc1cccc2c1NCCC2)C(=O)OC(C)(C)C. The maximum absolute atomic E-state index is 11.9. The van der Waals surface area contributed by atoms with Crippen molar-refractivity contribution in [3.8, 4) is 0 Å². The molecule has 0 saturated carbocycles. The zero-order chi connectivity index (χ0) is 17.6. The van der Waals surface area contributed by atoms with Crippen LogP contribution in [0, 0.1) is 0 Å². The van der Waals surface area contributed by atoms with Crippen molar-refractivity contribution in [2.75, 3.05) is 32.0 Å². The smallest absolute Gasteiger partial charge is 0.410 e. The lowest BCUT2D eigenvalue weighted by atomic mass is 9.99. The topological polar surface area (TPSA) is 53.6 Å². The van der Waals surface area contributed by atoms with E-state index in [4.69, 9.17) is 4.74 Å². The molecule has 0 unspecified atom stereocenters. The molecule has 0 radical (unpaired) electrons. The first-order valence-electron chi connectivity index (χ1n) is 8.86. The molecule has 24 heavy (non-hydrogen) atoms. The van der Waals surface area contributed by atoms with Gasteiger partial charge in [-0.2, -0.15) is 0 Å². The van der Waals surface area contributed by atoms with E-state index in [0.717, 1.165) is 32.5 Å². The third kappa shape index (κ3) is 5.71. The van der Waals surface area contributed by atoms with Crippen LogP contribution < -0.4 is 10.6 Å². The van der Waals surface area contributed by atoms with Gasteiger partial charge in [-0.1, -0.05) is 18.2 Å². The number of para-hydroxylation sites is 1. The van der Waals surface area contributed by atoms with Gasteiger partial charge < -0.3 is 20.3 Å². The Labute approximate surface area is 145 Å². The Hall–Kier alpha value is -1.75. The van der Waals surface area contributed by atoms with Crippen LogP contribution >= 0.6 is 0 Å². The minimum absolute atomic E-state index is 0.260. The van der Waals surface area contributed by atoms with Crippen LogP contribution in [-0.2, 0) is 17.7 Å². The fraction of sp³-hybridized carbons (Fsp3) is 0.632. The van der Waals surface area contributed by atoms with Gasteiger partial charge in [0, 0.05) is 32.4 Å². The molecular weight excluding hydrogens is 302 g/mol. The van der Waals surface area contributed by atoms with Crippen LogP contribution in [0.3, 0.4) is 0 Å². The van der Waals surface area contributed by atoms with Crippen LogP contribution in [0.2, 0.25) is 0 Å². The normalized spacial score (nSPS) is 13.8. The van der Waals surface area contributed by atoms with Crippen LogP contribution in [0.25, 0.3) is 0 Å². The fourth-order valence-electron chi connectivity index (χ4n) is 2.82. The standard InChI is InChI=1S/C19H31N3O2/c1-19(2,3)24-18(23)22(4)13-7-11-20-14-16-9-5-8-15-10-6-12-21-17(15)16/h5,8-9,20-21H,6-7,10-14H2,1-4H3. The number of ether oxygens (including phenoxy) is 1. The van der Waals surface area contributed by atoms with Gasteiger partial charge in [-0.05, 0) is 57.7 Å². The summed E-state index contributed by atoms with van der Waals surface area (Å²) >= 11 is 0. The van der Waals surface area contributed by atoms with Gasteiger partial charge in [0.15, 0.2) is 0 Å². The number of fused-ring (bicyclic) bond motifs is 1. The lowest BCUT2D eigenvalue weighted by Gasteiger charge is -2.24. The summed E-state index contributed by atoms with van der Waals surface area (Å²) in [6.45, 7) is 9.12. The van der Waals surface area contributed by atoms with Gasteiger partial charge in [0.25, 0.3) is 0 Å². The number of nitrogens with one attached hydrogen (secondary N) is 2. The maximum atomic E-state index is 11.9. The van der Waals surface area contributed by atoms with E-state index in [2.05, 4.69) is 28.8 Å². The Balaban J connectivity index is 1.69. The summed E-state index contributed by atoms with van der Waals surface area (Å²) in [4.78, 5) is 13.5. The zero-order valence-corrected chi connectivity index (χ0v) is 15.4. The van der Waals surface area contributed by atoms with E-state index in [0.29, 0.717) is 6.54 Å². The number of hydrogen-bond donors (Lipinski definition) is 2. The number of rotatable bonds is 6. The van der Waals surface area contributed by atoms with Gasteiger partial charge in [0.1, 0.15) is 5.60 Å². The second kappa shape index (κ2) is 8.38. The minimum Gasteiger partial charge on any atom is -0.444 e. The van der Waals surface area contributed by atoms with Crippen molar-refractivity contribution >= 4 is 11.8 Å². The number of nitrogens with zero attached hydrogens (tertiary/aromatic N) is 1. The molecule has 5 heteroatoms. The van der Waals surface area contributed by atoms with E-state index in [-0.39, 0.29) is 6.09 Å². The van der Waals surface area contributed by atoms with Crippen molar-refractivity contribution in [1.29, 1.82) is 0 Å². The Kier molecular flexibility index (Phi) is 6.49. The van der Waals surface area contributed by atoms with Crippen molar-refractivity contribution in [3.05, 3.63) is 29.3 Å². The van der Waals surface area contributed by atoms with Crippen LogP contribution in [-0.4, -0.2) is 43.3 Å². The zero-order valence-electron chi connectivity index (χ0n) is 15.4. The molecule has 0 atom stereocenters. The number of benzene rings is 1. The molecule has 2 rings (SSSR count). The van der Waals surface area contributed by atoms with Crippen molar-refractivity contribution in [1.82, 2.24) is 10.2 Å². The molecule has 1 aromatic rings. The molecule has 0 bridgehead atoms.